The molecule has 0 saturated heterocycles. The van der Waals surface area contributed by atoms with Crippen LogP contribution in [0.5, 0.6) is 0 Å². The van der Waals surface area contributed by atoms with Crippen molar-refractivity contribution >= 4 is 22.9 Å². The van der Waals surface area contributed by atoms with E-state index in [0.29, 0.717) is 10.6 Å². The fourth-order valence-corrected chi connectivity index (χ4v) is 4.64. The summed E-state index contributed by atoms with van der Waals surface area (Å²) in [5.74, 6) is -0.676. The van der Waals surface area contributed by atoms with Crippen molar-refractivity contribution in [1.82, 2.24) is 4.57 Å². The first-order valence-electron chi connectivity index (χ1n) is 10.6. The molecule has 0 aliphatic heterocycles. The van der Waals surface area contributed by atoms with Crippen LogP contribution in [0.4, 0.5) is 5.69 Å². The SMILES string of the molecule is CC(C)c1ccccc1-n1c(=O)cc(-c2ccccc2)sc1=NC(=O)c1ccccc1[N+](=O)[O-]. The van der Waals surface area contributed by atoms with Crippen molar-refractivity contribution in [3.63, 3.8) is 0 Å². The number of nitrogens with zero attached hydrogens (tertiary/aromatic N) is 3. The number of carbonyl (C=O) groups is 1. The molecule has 34 heavy (non-hydrogen) atoms. The molecule has 0 radical (unpaired) electrons. The maximum absolute atomic E-state index is 13.4. The Balaban J connectivity index is 2.02. The average Bonchev–Trinajstić information content (AvgIpc) is 2.84. The number of para-hydroxylation sites is 2. The van der Waals surface area contributed by atoms with Gasteiger partial charge < -0.3 is 0 Å². The molecule has 4 rings (SSSR count). The Morgan fingerprint density at radius 1 is 0.971 bits per heavy atom. The first-order valence-corrected chi connectivity index (χ1v) is 11.4. The molecule has 1 heterocycles. The van der Waals surface area contributed by atoms with E-state index >= 15 is 0 Å². The number of rotatable bonds is 5. The number of hydrogen-bond acceptors (Lipinski definition) is 5. The van der Waals surface area contributed by atoms with Gasteiger partial charge in [-0.05, 0) is 29.2 Å². The number of hydrogen-bond donors (Lipinski definition) is 0. The van der Waals surface area contributed by atoms with Crippen LogP contribution in [0, 0.1) is 10.1 Å². The summed E-state index contributed by atoms with van der Waals surface area (Å²) < 4.78 is 1.40. The molecule has 1 amide bonds. The van der Waals surface area contributed by atoms with E-state index in [1.165, 1.54) is 40.2 Å². The van der Waals surface area contributed by atoms with Gasteiger partial charge in [0.25, 0.3) is 17.2 Å². The Morgan fingerprint density at radius 2 is 1.62 bits per heavy atom. The van der Waals surface area contributed by atoms with E-state index < -0.39 is 10.8 Å². The molecular weight excluding hydrogens is 450 g/mol. The molecule has 0 fully saturated rings. The first-order chi connectivity index (χ1) is 16.4. The summed E-state index contributed by atoms with van der Waals surface area (Å²) in [6.07, 6.45) is 0. The fourth-order valence-electron chi connectivity index (χ4n) is 3.62. The molecule has 1 aromatic heterocycles. The van der Waals surface area contributed by atoms with E-state index in [1.807, 2.05) is 62.4 Å². The third-order valence-corrected chi connectivity index (χ3v) is 6.28. The molecule has 170 valence electrons. The van der Waals surface area contributed by atoms with E-state index in [2.05, 4.69) is 4.99 Å². The lowest BCUT2D eigenvalue weighted by Gasteiger charge is -2.15. The summed E-state index contributed by atoms with van der Waals surface area (Å²) in [7, 11) is 0. The van der Waals surface area contributed by atoms with Gasteiger partial charge in [0.2, 0.25) is 4.80 Å². The van der Waals surface area contributed by atoms with E-state index in [4.69, 9.17) is 0 Å². The third-order valence-electron chi connectivity index (χ3n) is 5.25. The van der Waals surface area contributed by atoms with Crippen LogP contribution in [0.2, 0.25) is 0 Å². The first kappa shape index (κ1) is 23.0. The lowest BCUT2D eigenvalue weighted by Crippen LogP contribution is -2.31. The van der Waals surface area contributed by atoms with Crippen LogP contribution in [-0.2, 0) is 0 Å². The molecule has 0 aliphatic rings. The number of aromatic nitrogens is 1. The maximum atomic E-state index is 13.4. The van der Waals surface area contributed by atoms with E-state index in [-0.39, 0.29) is 27.5 Å². The van der Waals surface area contributed by atoms with E-state index in [1.54, 1.807) is 12.1 Å². The molecule has 3 aromatic carbocycles. The van der Waals surface area contributed by atoms with Crippen molar-refractivity contribution in [2.75, 3.05) is 0 Å². The fraction of sp³-hybridized carbons (Fsp3) is 0.115. The maximum Gasteiger partial charge on any atom is 0.286 e. The molecule has 0 N–H and O–H groups in total. The quantitative estimate of drug-likeness (QED) is 0.290. The van der Waals surface area contributed by atoms with Gasteiger partial charge in [-0.3, -0.25) is 24.3 Å². The Morgan fingerprint density at radius 3 is 2.32 bits per heavy atom. The smallest absolute Gasteiger partial charge is 0.269 e. The standard InChI is InChI=1S/C26H21N3O4S/c1-17(2)19-12-6-8-14-21(19)28-24(30)16-23(18-10-4-3-5-11-18)34-26(28)27-25(31)20-13-7-9-15-22(20)29(32)33/h3-17H,1-2H3. The number of benzene rings is 3. The minimum absolute atomic E-state index is 0.112. The molecule has 0 saturated carbocycles. The Labute approximate surface area is 199 Å². The van der Waals surface area contributed by atoms with Gasteiger partial charge in [-0.25, -0.2) is 0 Å². The highest BCUT2D eigenvalue weighted by Crippen LogP contribution is 2.24. The second-order valence-electron chi connectivity index (χ2n) is 7.84. The largest absolute Gasteiger partial charge is 0.286 e. The summed E-state index contributed by atoms with van der Waals surface area (Å²) >= 11 is 1.17. The average molecular weight is 472 g/mol. The summed E-state index contributed by atoms with van der Waals surface area (Å²) in [5.41, 5.74) is 1.52. The van der Waals surface area contributed by atoms with Gasteiger partial charge in [0.05, 0.1) is 10.6 Å². The van der Waals surface area contributed by atoms with Gasteiger partial charge in [0.15, 0.2) is 0 Å². The Kier molecular flexibility index (Phi) is 6.60. The Hall–Kier alpha value is -4.17. The van der Waals surface area contributed by atoms with Gasteiger partial charge in [-0.15, -0.1) is 0 Å². The molecule has 0 unspecified atom stereocenters. The predicted molar refractivity (Wildman–Crippen MR) is 132 cm³/mol. The van der Waals surface area contributed by atoms with Crippen molar-refractivity contribution in [3.8, 4) is 16.1 Å². The van der Waals surface area contributed by atoms with Crippen LogP contribution in [0.25, 0.3) is 16.1 Å². The monoisotopic (exact) mass is 471 g/mol. The van der Waals surface area contributed by atoms with E-state index in [0.717, 1.165) is 11.1 Å². The number of nitro groups is 1. The zero-order valence-corrected chi connectivity index (χ0v) is 19.4. The van der Waals surface area contributed by atoms with Crippen molar-refractivity contribution in [2.24, 2.45) is 4.99 Å². The third kappa shape index (κ3) is 4.62. The summed E-state index contributed by atoms with van der Waals surface area (Å²) in [6, 6.07) is 23.9. The van der Waals surface area contributed by atoms with Crippen molar-refractivity contribution in [1.29, 1.82) is 0 Å². The van der Waals surface area contributed by atoms with Crippen molar-refractivity contribution in [3.05, 3.63) is 121 Å². The molecule has 0 spiro atoms. The molecule has 4 aromatic rings. The molecule has 0 atom stereocenters. The predicted octanol–water partition coefficient (Wildman–Crippen LogP) is 5.34. The summed E-state index contributed by atoms with van der Waals surface area (Å²) in [6.45, 7) is 4.03. The molecular formula is C26H21N3O4S. The van der Waals surface area contributed by atoms with Crippen LogP contribution in [-0.4, -0.2) is 15.4 Å². The number of nitro benzene ring substituents is 1. The van der Waals surface area contributed by atoms with Gasteiger partial charge in [-0.1, -0.05) is 85.8 Å². The zero-order chi connectivity index (χ0) is 24.2. The lowest BCUT2D eigenvalue weighted by molar-refractivity contribution is -0.385. The van der Waals surface area contributed by atoms with Gasteiger partial charge in [0, 0.05) is 17.0 Å². The van der Waals surface area contributed by atoms with E-state index in [9.17, 15) is 19.7 Å². The number of carbonyl (C=O) groups excluding carboxylic acids is 1. The highest BCUT2D eigenvalue weighted by atomic mass is 32.1. The summed E-state index contributed by atoms with van der Waals surface area (Å²) in [5, 5.41) is 11.4. The van der Waals surface area contributed by atoms with Crippen LogP contribution in [0.3, 0.4) is 0 Å². The van der Waals surface area contributed by atoms with Crippen molar-refractivity contribution < 1.29 is 9.72 Å². The number of amides is 1. The minimum Gasteiger partial charge on any atom is -0.269 e. The highest BCUT2D eigenvalue weighted by molar-refractivity contribution is 7.12. The van der Waals surface area contributed by atoms with Crippen LogP contribution in [0.1, 0.15) is 35.7 Å². The topological polar surface area (TPSA) is 94.6 Å². The molecule has 8 heteroatoms. The molecule has 0 aliphatic carbocycles. The van der Waals surface area contributed by atoms with Gasteiger partial charge in [-0.2, -0.15) is 4.99 Å². The van der Waals surface area contributed by atoms with Crippen LogP contribution in [0.15, 0.2) is 94.7 Å². The normalized spacial score (nSPS) is 11.6. The van der Waals surface area contributed by atoms with Crippen LogP contribution >= 0.6 is 11.3 Å². The minimum atomic E-state index is -0.788. The Bertz CT molecular complexity index is 1500. The summed E-state index contributed by atoms with van der Waals surface area (Å²) in [4.78, 5) is 42.3. The molecule has 7 nitrogen and oxygen atoms in total. The second-order valence-corrected chi connectivity index (χ2v) is 8.85. The van der Waals surface area contributed by atoms with Gasteiger partial charge in [0.1, 0.15) is 5.56 Å². The zero-order valence-electron chi connectivity index (χ0n) is 18.5. The second kappa shape index (κ2) is 9.76. The molecule has 0 bridgehead atoms. The highest BCUT2D eigenvalue weighted by Gasteiger charge is 2.20. The lowest BCUT2D eigenvalue weighted by atomic mass is 10.0. The van der Waals surface area contributed by atoms with Crippen molar-refractivity contribution in [2.45, 2.75) is 19.8 Å². The van der Waals surface area contributed by atoms with Gasteiger partial charge >= 0.3 is 0 Å². The van der Waals surface area contributed by atoms with Crippen LogP contribution < -0.4 is 10.4 Å².